The van der Waals surface area contributed by atoms with Gasteiger partial charge in [0.25, 0.3) is 5.91 Å². The van der Waals surface area contributed by atoms with Crippen molar-refractivity contribution < 1.29 is 14.7 Å². The van der Waals surface area contributed by atoms with Crippen LogP contribution < -0.4 is 0 Å². The van der Waals surface area contributed by atoms with Gasteiger partial charge in [0.15, 0.2) is 5.17 Å². The number of benzene rings is 2. The molecule has 0 unspecified atom stereocenters. The van der Waals surface area contributed by atoms with Crippen molar-refractivity contribution in [3.05, 3.63) is 82.9 Å². The lowest BCUT2D eigenvalue weighted by atomic mass is 10.1. The average molecular weight is 405 g/mol. The standard InChI is InChI=1S/C22H19N3O3S/c26-20(27)12-19-21(28)25(22(29-19)24-13-15-6-2-1-3-7-15)11-10-16-14-23-18-9-5-4-8-17(16)18/h1-9,12,14,23H,10-11,13H2,(H,26,27). The number of aliphatic carboxylic acids is 1. The lowest BCUT2D eigenvalue weighted by Crippen LogP contribution is -2.31. The Bertz CT molecular complexity index is 1120. The molecule has 6 nitrogen and oxygen atoms in total. The first-order valence-corrected chi connectivity index (χ1v) is 10.0. The Kier molecular flexibility index (Phi) is 5.48. The number of thioether (sulfide) groups is 1. The van der Waals surface area contributed by atoms with Gasteiger partial charge in [-0.3, -0.25) is 14.7 Å². The van der Waals surface area contributed by atoms with Gasteiger partial charge in [-0.25, -0.2) is 4.79 Å². The van der Waals surface area contributed by atoms with E-state index in [-0.39, 0.29) is 10.8 Å². The van der Waals surface area contributed by atoms with Gasteiger partial charge in [-0.1, -0.05) is 48.5 Å². The van der Waals surface area contributed by atoms with Crippen LogP contribution in [0, 0.1) is 0 Å². The normalized spacial score (nSPS) is 17.0. The van der Waals surface area contributed by atoms with E-state index in [2.05, 4.69) is 9.98 Å². The van der Waals surface area contributed by atoms with E-state index in [1.54, 1.807) is 4.90 Å². The Balaban J connectivity index is 1.56. The predicted octanol–water partition coefficient (Wildman–Crippen LogP) is 3.81. The quantitative estimate of drug-likeness (QED) is 0.611. The number of carbonyl (C=O) groups excluding carboxylic acids is 1. The Morgan fingerprint density at radius 2 is 1.90 bits per heavy atom. The number of fused-ring (bicyclic) bond motifs is 1. The number of carboxylic acid groups (broad SMARTS) is 1. The minimum atomic E-state index is -1.14. The first-order valence-electron chi connectivity index (χ1n) is 9.19. The van der Waals surface area contributed by atoms with Crippen LogP contribution >= 0.6 is 11.8 Å². The Labute approximate surface area is 171 Å². The van der Waals surface area contributed by atoms with Gasteiger partial charge in [-0.2, -0.15) is 0 Å². The molecule has 2 heterocycles. The Morgan fingerprint density at radius 3 is 2.69 bits per heavy atom. The summed E-state index contributed by atoms with van der Waals surface area (Å²) < 4.78 is 0. The maximum atomic E-state index is 12.8. The molecule has 3 aromatic rings. The minimum Gasteiger partial charge on any atom is -0.478 e. The van der Waals surface area contributed by atoms with Crippen LogP contribution in [0.5, 0.6) is 0 Å². The zero-order valence-electron chi connectivity index (χ0n) is 15.5. The zero-order valence-corrected chi connectivity index (χ0v) is 16.4. The van der Waals surface area contributed by atoms with E-state index in [0.717, 1.165) is 39.9 Å². The molecular weight excluding hydrogens is 386 g/mol. The molecule has 2 N–H and O–H groups in total. The highest BCUT2D eigenvalue weighted by Crippen LogP contribution is 2.31. The van der Waals surface area contributed by atoms with Gasteiger partial charge in [0.1, 0.15) is 0 Å². The Morgan fingerprint density at radius 1 is 1.14 bits per heavy atom. The lowest BCUT2D eigenvalue weighted by Gasteiger charge is -2.15. The number of carbonyl (C=O) groups is 2. The number of aliphatic imine (C=N–C) groups is 1. The fourth-order valence-corrected chi connectivity index (χ4v) is 4.22. The number of hydrogen-bond acceptors (Lipinski definition) is 4. The maximum Gasteiger partial charge on any atom is 0.329 e. The van der Waals surface area contributed by atoms with Crippen molar-refractivity contribution >= 4 is 39.7 Å². The molecule has 1 saturated heterocycles. The highest BCUT2D eigenvalue weighted by atomic mass is 32.2. The highest BCUT2D eigenvalue weighted by Gasteiger charge is 2.33. The number of nitrogens with zero attached hydrogens (tertiary/aromatic N) is 2. The SMILES string of the molecule is O=C(O)C=C1SC(=NCc2ccccc2)N(CCc2c[nH]c3ccccc23)C1=O. The number of hydrogen-bond donors (Lipinski definition) is 2. The number of amidine groups is 1. The van der Waals surface area contributed by atoms with Crippen molar-refractivity contribution in [3.8, 4) is 0 Å². The van der Waals surface area contributed by atoms with Gasteiger partial charge in [0, 0.05) is 29.7 Å². The van der Waals surface area contributed by atoms with Crippen molar-refractivity contribution in [1.82, 2.24) is 9.88 Å². The molecule has 29 heavy (non-hydrogen) atoms. The molecule has 1 fully saturated rings. The van der Waals surface area contributed by atoms with Crippen LogP contribution in [0.15, 0.2) is 76.8 Å². The maximum absolute atomic E-state index is 12.8. The molecule has 146 valence electrons. The Hall–Kier alpha value is -3.32. The van der Waals surface area contributed by atoms with Crippen molar-refractivity contribution in [2.75, 3.05) is 6.54 Å². The molecule has 1 aliphatic heterocycles. The average Bonchev–Trinajstić information content (AvgIpc) is 3.26. The third-order valence-corrected chi connectivity index (χ3v) is 5.71. The van der Waals surface area contributed by atoms with E-state index in [4.69, 9.17) is 5.11 Å². The van der Waals surface area contributed by atoms with E-state index in [1.807, 2.05) is 60.8 Å². The van der Waals surface area contributed by atoms with Crippen molar-refractivity contribution in [2.24, 2.45) is 4.99 Å². The molecule has 0 spiro atoms. The number of para-hydroxylation sites is 1. The second-order valence-corrected chi connectivity index (χ2v) is 7.61. The van der Waals surface area contributed by atoms with E-state index in [0.29, 0.717) is 24.7 Å². The molecule has 0 radical (unpaired) electrons. The summed E-state index contributed by atoms with van der Waals surface area (Å²) >= 11 is 1.11. The first-order chi connectivity index (χ1) is 14.1. The molecule has 1 aliphatic rings. The summed E-state index contributed by atoms with van der Waals surface area (Å²) in [5.74, 6) is -1.45. The molecule has 1 amide bonds. The molecule has 0 atom stereocenters. The molecule has 0 aliphatic carbocycles. The number of carboxylic acids is 1. The number of amides is 1. The van der Waals surface area contributed by atoms with Crippen LogP contribution in [-0.4, -0.2) is 38.6 Å². The third kappa shape index (κ3) is 4.25. The van der Waals surface area contributed by atoms with Gasteiger partial charge >= 0.3 is 5.97 Å². The van der Waals surface area contributed by atoms with Gasteiger partial charge in [-0.05, 0) is 35.4 Å². The minimum absolute atomic E-state index is 0.184. The number of nitrogens with one attached hydrogen (secondary N) is 1. The second kappa shape index (κ2) is 8.36. The zero-order chi connectivity index (χ0) is 20.2. The largest absolute Gasteiger partial charge is 0.478 e. The van der Waals surface area contributed by atoms with E-state index in [9.17, 15) is 9.59 Å². The van der Waals surface area contributed by atoms with Crippen LogP contribution in [0.4, 0.5) is 0 Å². The fourth-order valence-electron chi connectivity index (χ4n) is 3.25. The van der Waals surface area contributed by atoms with Crippen LogP contribution in [-0.2, 0) is 22.6 Å². The van der Waals surface area contributed by atoms with E-state index in [1.165, 1.54) is 0 Å². The van der Waals surface area contributed by atoms with Gasteiger partial charge < -0.3 is 10.1 Å². The second-order valence-electron chi connectivity index (χ2n) is 6.60. The summed E-state index contributed by atoms with van der Waals surface area (Å²) in [5.41, 5.74) is 3.19. The van der Waals surface area contributed by atoms with Gasteiger partial charge in [0.05, 0.1) is 11.4 Å². The molecule has 1 aromatic heterocycles. The van der Waals surface area contributed by atoms with Gasteiger partial charge in [0.2, 0.25) is 0 Å². The van der Waals surface area contributed by atoms with Crippen LogP contribution in [0.1, 0.15) is 11.1 Å². The number of H-pyrrole nitrogens is 1. The number of aromatic amines is 1. The van der Waals surface area contributed by atoms with Crippen LogP contribution in [0.25, 0.3) is 10.9 Å². The van der Waals surface area contributed by atoms with Crippen LogP contribution in [0.3, 0.4) is 0 Å². The summed E-state index contributed by atoms with van der Waals surface area (Å²) in [6.45, 7) is 0.860. The number of aromatic nitrogens is 1. The van der Waals surface area contributed by atoms with E-state index >= 15 is 0 Å². The van der Waals surface area contributed by atoms with Crippen molar-refractivity contribution in [3.63, 3.8) is 0 Å². The predicted molar refractivity (Wildman–Crippen MR) is 115 cm³/mol. The summed E-state index contributed by atoms with van der Waals surface area (Å²) in [7, 11) is 0. The molecule has 0 saturated carbocycles. The lowest BCUT2D eigenvalue weighted by molar-refractivity contribution is -0.132. The molecule has 0 bridgehead atoms. The van der Waals surface area contributed by atoms with E-state index < -0.39 is 5.97 Å². The molecular formula is C22H19N3O3S. The van der Waals surface area contributed by atoms with Gasteiger partial charge in [-0.15, -0.1) is 0 Å². The molecule has 2 aromatic carbocycles. The summed E-state index contributed by atoms with van der Waals surface area (Å²) in [5, 5.41) is 10.7. The van der Waals surface area contributed by atoms with Crippen molar-refractivity contribution in [2.45, 2.75) is 13.0 Å². The smallest absolute Gasteiger partial charge is 0.329 e. The summed E-state index contributed by atoms with van der Waals surface area (Å²) in [4.78, 5) is 33.4. The van der Waals surface area contributed by atoms with Crippen molar-refractivity contribution in [1.29, 1.82) is 0 Å². The molecule has 7 heteroatoms. The number of rotatable bonds is 6. The molecule has 4 rings (SSSR count). The monoisotopic (exact) mass is 405 g/mol. The topological polar surface area (TPSA) is 85.8 Å². The first kappa shape index (κ1) is 19.0. The fraction of sp³-hybridized carbons (Fsp3) is 0.136. The highest BCUT2D eigenvalue weighted by molar-refractivity contribution is 8.18. The third-order valence-electron chi connectivity index (χ3n) is 4.66. The van der Waals surface area contributed by atoms with Crippen LogP contribution in [0.2, 0.25) is 0 Å². The summed E-state index contributed by atoms with van der Waals surface area (Å²) in [6.07, 6.45) is 3.55. The summed E-state index contributed by atoms with van der Waals surface area (Å²) in [6, 6.07) is 17.8.